The van der Waals surface area contributed by atoms with E-state index in [4.69, 9.17) is 15.2 Å². The molecule has 4 nitrogen and oxygen atoms in total. The van der Waals surface area contributed by atoms with Crippen molar-refractivity contribution in [2.45, 2.75) is 44.4 Å². The first kappa shape index (κ1) is 14.0. The van der Waals surface area contributed by atoms with Crippen molar-refractivity contribution in [3.05, 3.63) is 35.4 Å². The van der Waals surface area contributed by atoms with Gasteiger partial charge in [-0.1, -0.05) is 24.3 Å². The predicted octanol–water partition coefficient (Wildman–Crippen LogP) is 1.80. The van der Waals surface area contributed by atoms with E-state index in [0.717, 1.165) is 30.4 Å². The third-order valence-electron chi connectivity index (χ3n) is 3.64. The summed E-state index contributed by atoms with van der Waals surface area (Å²) >= 11 is 0. The van der Waals surface area contributed by atoms with Crippen LogP contribution in [0.25, 0.3) is 0 Å². The number of carbonyl (C=O) groups is 1. The van der Waals surface area contributed by atoms with E-state index in [1.54, 1.807) is 0 Å². The Kier molecular flexibility index (Phi) is 4.93. The van der Waals surface area contributed by atoms with Gasteiger partial charge in [-0.15, -0.1) is 0 Å². The van der Waals surface area contributed by atoms with Gasteiger partial charge in [0, 0.05) is 6.04 Å². The smallest absolute Gasteiger partial charge is 0.309 e. The summed E-state index contributed by atoms with van der Waals surface area (Å²) in [4.78, 5) is 11.4. The molecule has 104 valence electrons. The van der Waals surface area contributed by atoms with Gasteiger partial charge in [-0.3, -0.25) is 4.79 Å². The molecule has 1 aliphatic rings. The maximum Gasteiger partial charge on any atom is 0.309 e. The summed E-state index contributed by atoms with van der Waals surface area (Å²) in [5, 5.41) is 0. The lowest BCUT2D eigenvalue weighted by Crippen LogP contribution is -2.31. The maximum absolute atomic E-state index is 11.4. The summed E-state index contributed by atoms with van der Waals surface area (Å²) in [7, 11) is 1.40. The molecule has 2 unspecified atom stereocenters. The van der Waals surface area contributed by atoms with Crippen molar-refractivity contribution in [2.24, 2.45) is 5.73 Å². The zero-order valence-electron chi connectivity index (χ0n) is 11.3. The van der Waals surface area contributed by atoms with E-state index < -0.39 is 0 Å². The van der Waals surface area contributed by atoms with Gasteiger partial charge in [0.2, 0.25) is 0 Å². The molecule has 19 heavy (non-hydrogen) atoms. The van der Waals surface area contributed by atoms with Crippen molar-refractivity contribution < 1.29 is 14.3 Å². The lowest BCUT2D eigenvalue weighted by molar-refractivity contribution is -0.139. The summed E-state index contributed by atoms with van der Waals surface area (Å²) in [6.45, 7) is 0.505. The lowest BCUT2D eigenvalue weighted by Gasteiger charge is -2.17. The molecule has 1 aromatic rings. The van der Waals surface area contributed by atoms with Gasteiger partial charge in [-0.25, -0.2) is 0 Å². The first-order valence-corrected chi connectivity index (χ1v) is 6.71. The average Bonchev–Trinajstić information content (AvgIpc) is 2.83. The van der Waals surface area contributed by atoms with Crippen molar-refractivity contribution >= 4 is 5.97 Å². The quantitative estimate of drug-likeness (QED) is 0.823. The molecule has 1 fully saturated rings. The van der Waals surface area contributed by atoms with E-state index in [1.165, 1.54) is 7.11 Å². The molecule has 1 aliphatic carbocycles. The molecule has 2 atom stereocenters. The van der Waals surface area contributed by atoms with Crippen LogP contribution in [0, 0.1) is 0 Å². The molecule has 2 rings (SSSR count). The van der Waals surface area contributed by atoms with E-state index in [-0.39, 0.29) is 24.5 Å². The predicted molar refractivity (Wildman–Crippen MR) is 72.6 cm³/mol. The summed E-state index contributed by atoms with van der Waals surface area (Å²) in [6.07, 6.45) is 3.63. The summed E-state index contributed by atoms with van der Waals surface area (Å²) in [5.74, 6) is -0.231. The number of esters is 1. The van der Waals surface area contributed by atoms with Crippen LogP contribution in [-0.4, -0.2) is 25.2 Å². The van der Waals surface area contributed by atoms with Gasteiger partial charge in [0.1, 0.15) is 0 Å². The van der Waals surface area contributed by atoms with Crippen LogP contribution in [0.3, 0.4) is 0 Å². The van der Waals surface area contributed by atoms with Crippen LogP contribution in [0.2, 0.25) is 0 Å². The summed E-state index contributed by atoms with van der Waals surface area (Å²) in [6, 6.07) is 7.94. The highest BCUT2D eigenvalue weighted by molar-refractivity contribution is 5.72. The molecule has 0 aliphatic heterocycles. The van der Waals surface area contributed by atoms with Gasteiger partial charge in [0.05, 0.1) is 26.2 Å². The van der Waals surface area contributed by atoms with Crippen LogP contribution in [0.15, 0.2) is 24.3 Å². The minimum Gasteiger partial charge on any atom is -0.469 e. The minimum atomic E-state index is -0.231. The van der Waals surface area contributed by atoms with Gasteiger partial charge in [0.25, 0.3) is 0 Å². The number of methoxy groups -OCH3 is 1. The second-order valence-electron chi connectivity index (χ2n) is 4.97. The monoisotopic (exact) mass is 263 g/mol. The number of hydrogen-bond donors (Lipinski definition) is 1. The molecule has 1 aromatic carbocycles. The van der Waals surface area contributed by atoms with Crippen LogP contribution in [-0.2, 0) is 27.3 Å². The number of hydrogen-bond acceptors (Lipinski definition) is 4. The number of nitrogens with two attached hydrogens (primary N) is 1. The fourth-order valence-electron chi connectivity index (χ4n) is 2.46. The Balaban J connectivity index is 1.97. The first-order chi connectivity index (χ1) is 9.20. The number of rotatable bonds is 5. The SMILES string of the molecule is COC(=O)Cc1ccccc1COC1CCCC1N. The number of benzene rings is 1. The average molecular weight is 263 g/mol. The van der Waals surface area contributed by atoms with E-state index in [9.17, 15) is 4.79 Å². The molecule has 0 heterocycles. The third kappa shape index (κ3) is 3.78. The Morgan fingerprint density at radius 1 is 1.32 bits per heavy atom. The molecule has 1 saturated carbocycles. The standard InChI is InChI=1S/C15H21NO3/c1-18-15(17)9-11-5-2-3-6-12(11)10-19-14-8-4-7-13(14)16/h2-3,5-6,13-14H,4,7-10,16H2,1H3. The Bertz CT molecular complexity index is 433. The highest BCUT2D eigenvalue weighted by Gasteiger charge is 2.24. The van der Waals surface area contributed by atoms with E-state index in [2.05, 4.69) is 0 Å². The van der Waals surface area contributed by atoms with Gasteiger partial charge >= 0.3 is 5.97 Å². The Morgan fingerprint density at radius 3 is 2.68 bits per heavy atom. The van der Waals surface area contributed by atoms with Crippen molar-refractivity contribution in [2.75, 3.05) is 7.11 Å². The number of ether oxygens (including phenoxy) is 2. The minimum absolute atomic E-state index is 0.145. The molecule has 0 saturated heterocycles. The highest BCUT2D eigenvalue weighted by Crippen LogP contribution is 2.22. The maximum atomic E-state index is 11.4. The largest absolute Gasteiger partial charge is 0.469 e. The molecule has 4 heteroatoms. The highest BCUT2D eigenvalue weighted by atomic mass is 16.5. The normalized spacial score (nSPS) is 22.4. The summed E-state index contributed by atoms with van der Waals surface area (Å²) < 4.78 is 10.6. The van der Waals surface area contributed by atoms with Gasteiger partial charge in [0.15, 0.2) is 0 Å². The van der Waals surface area contributed by atoms with Crippen molar-refractivity contribution in [3.8, 4) is 0 Å². The number of carbonyl (C=O) groups excluding carboxylic acids is 1. The summed E-state index contributed by atoms with van der Waals surface area (Å²) in [5.41, 5.74) is 7.98. The third-order valence-corrected chi connectivity index (χ3v) is 3.64. The van der Waals surface area contributed by atoms with Crippen molar-refractivity contribution in [1.82, 2.24) is 0 Å². The molecule has 2 N–H and O–H groups in total. The fourth-order valence-corrected chi connectivity index (χ4v) is 2.46. The van der Waals surface area contributed by atoms with Gasteiger partial charge < -0.3 is 15.2 Å². The van der Waals surface area contributed by atoms with Crippen LogP contribution in [0.1, 0.15) is 30.4 Å². The lowest BCUT2D eigenvalue weighted by atomic mass is 10.1. The molecule has 0 radical (unpaired) electrons. The fraction of sp³-hybridized carbons (Fsp3) is 0.533. The zero-order valence-corrected chi connectivity index (χ0v) is 11.3. The zero-order chi connectivity index (χ0) is 13.7. The Morgan fingerprint density at radius 2 is 2.05 bits per heavy atom. The van der Waals surface area contributed by atoms with E-state index in [1.807, 2.05) is 24.3 Å². The van der Waals surface area contributed by atoms with Gasteiger partial charge in [-0.05, 0) is 30.4 Å². The second kappa shape index (κ2) is 6.68. The molecular weight excluding hydrogens is 242 g/mol. The van der Waals surface area contributed by atoms with E-state index in [0.29, 0.717) is 6.61 Å². The molecule has 0 aromatic heterocycles. The van der Waals surface area contributed by atoms with Crippen molar-refractivity contribution in [3.63, 3.8) is 0 Å². The first-order valence-electron chi connectivity index (χ1n) is 6.71. The topological polar surface area (TPSA) is 61.5 Å². The second-order valence-corrected chi connectivity index (χ2v) is 4.97. The molecule has 0 spiro atoms. The Labute approximate surface area is 113 Å². The molecule has 0 bridgehead atoms. The van der Waals surface area contributed by atoms with Crippen LogP contribution < -0.4 is 5.73 Å². The van der Waals surface area contributed by atoms with Crippen LogP contribution in [0.4, 0.5) is 0 Å². The molecule has 0 amide bonds. The van der Waals surface area contributed by atoms with E-state index >= 15 is 0 Å². The molecular formula is C15H21NO3. The van der Waals surface area contributed by atoms with Gasteiger partial charge in [-0.2, -0.15) is 0 Å². The Hall–Kier alpha value is -1.39. The van der Waals surface area contributed by atoms with Crippen LogP contribution >= 0.6 is 0 Å². The van der Waals surface area contributed by atoms with Crippen molar-refractivity contribution in [1.29, 1.82) is 0 Å². The van der Waals surface area contributed by atoms with Crippen LogP contribution in [0.5, 0.6) is 0 Å².